The SMILES string of the molecule is Cc1ccc(CN(C(=O)COc2cc(C)c(Cl)c(C)c2)[C@H](Cc2ccccc2)C(=O)NC(C)C)cc1. The van der Waals surface area contributed by atoms with Gasteiger partial charge in [-0.3, -0.25) is 9.59 Å². The van der Waals surface area contributed by atoms with Crippen molar-refractivity contribution in [3.05, 3.63) is 99.6 Å². The van der Waals surface area contributed by atoms with Crippen molar-refractivity contribution in [3.8, 4) is 5.75 Å². The van der Waals surface area contributed by atoms with Gasteiger partial charge in [-0.1, -0.05) is 71.8 Å². The summed E-state index contributed by atoms with van der Waals surface area (Å²) in [6, 6.07) is 20.6. The van der Waals surface area contributed by atoms with Gasteiger partial charge >= 0.3 is 0 Å². The summed E-state index contributed by atoms with van der Waals surface area (Å²) < 4.78 is 5.90. The van der Waals surface area contributed by atoms with E-state index in [0.29, 0.717) is 23.7 Å². The zero-order valence-corrected chi connectivity index (χ0v) is 22.4. The average molecular weight is 507 g/mol. The molecular weight excluding hydrogens is 472 g/mol. The van der Waals surface area contributed by atoms with Crippen molar-refractivity contribution in [1.29, 1.82) is 0 Å². The van der Waals surface area contributed by atoms with Crippen molar-refractivity contribution < 1.29 is 14.3 Å². The molecule has 0 saturated heterocycles. The fourth-order valence-electron chi connectivity index (χ4n) is 4.04. The van der Waals surface area contributed by atoms with Crippen LogP contribution in [0.25, 0.3) is 0 Å². The molecule has 0 aliphatic carbocycles. The first kappa shape index (κ1) is 27.3. The Bertz CT molecular complexity index is 1150. The molecule has 6 heteroatoms. The quantitative estimate of drug-likeness (QED) is 0.377. The molecule has 0 heterocycles. The number of carbonyl (C=O) groups excluding carboxylic acids is 2. The number of ether oxygens (including phenoxy) is 1. The topological polar surface area (TPSA) is 58.6 Å². The minimum atomic E-state index is -0.694. The smallest absolute Gasteiger partial charge is 0.261 e. The summed E-state index contributed by atoms with van der Waals surface area (Å²) in [4.78, 5) is 28.7. The standard InChI is InChI=1S/C30H35ClN2O3/c1-20(2)32-30(35)27(17-24-9-7-6-8-10-24)33(18-25-13-11-21(3)12-14-25)28(34)19-36-26-15-22(4)29(31)23(5)16-26/h6-16,20,27H,17-19H2,1-5H3,(H,32,35)/t27-/m1/s1. The Morgan fingerprint density at radius 3 is 2.11 bits per heavy atom. The second-order valence-corrected chi connectivity index (χ2v) is 9.91. The first-order valence-corrected chi connectivity index (χ1v) is 12.6. The maximum absolute atomic E-state index is 13.6. The highest BCUT2D eigenvalue weighted by Gasteiger charge is 2.31. The van der Waals surface area contributed by atoms with E-state index in [9.17, 15) is 9.59 Å². The minimum Gasteiger partial charge on any atom is -0.484 e. The maximum atomic E-state index is 13.6. The predicted octanol–water partition coefficient (Wildman–Crippen LogP) is 5.81. The number of aryl methyl sites for hydroxylation is 3. The van der Waals surface area contributed by atoms with Crippen molar-refractivity contribution in [2.24, 2.45) is 0 Å². The molecular formula is C30H35ClN2O3. The first-order chi connectivity index (χ1) is 17.1. The van der Waals surface area contributed by atoms with Gasteiger partial charge in [0.25, 0.3) is 5.91 Å². The summed E-state index contributed by atoms with van der Waals surface area (Å²) in [6.45, 7) is 9.76. The van der Waals surface area contributed by atoms with Crippen molar-refractivity contribution in [2.75, 3.05) is 6.61 Å². The molecule has 0 fully saturated rings. The van der Waals surface area contributed by atoms with E-state index in [-0.39, 0.29) is 24.5 Å². The van der Waals surface area contributed by atoms with Crippen molar-refractivity contribution in [3.63, 3.8) is 0 Å². The third kappa shape index (κ3) is 7.59. The van der Waals surface area contributed by atoms with E-state index < -0.39 is 6.04 Å². The third-order valence-corrected chi connectivity index (χ3v) is 6.54. The minimum absolute atomic E-state index is 0.0524. The number of halogens is 1. The van der Waals surface area contributed by atoms with E-state index in [1.165, 1.54) is 0 Å². The summed E-state index contributed by atoms with van der Waals surface area (Å²) in [5, 5.41) is 3.68. The van der Waals surface area contributed by atoms with E-state index in [1.807, 2.05) is 101 Å². The van der Waals surface area contributed by atoms with Crippen LogP contribution < -0.4 is 10.1 Å². The lowest BCUT2D eigenvalue weighted by Gasteiger charge is -2.32. The Morgan fingerprint density at radius 1 is 0.917 bits per heavy atom. The van der Waals surface area contributed by atoms with Crippen molar-refractivity contribution in [1.82, 2.24) is 10.2 Å². The van der Waals surface area contributed by atoms with Crippen LogP contribution in [0.15, 0.2) is 66.7 Å². The number of carbonyl (C=O) groups is 2. The van der Waals surface area contributed by atoms with Gasteiger partial charge in [0, 0.05) is 24.0 Å². The molecule has 0 spiro atoms. The summed E-state index contributed by atoms with van der Waals surface area (Å²) in [5.41, 5.74) is 4.82. The highest BCUT2D eigenvalue weighted by molar-refractivity contribution is 6.32. The van der Waals surface area contributed by atoms with Gasteiger partial charge < -0.3 is 15.0 Å². The van der Waals surface area contributed by atoms with Gasteiger partial charge in [-0.25, -0.2) is 0 Å². The largest absolute Gasteiger partial charge is 0.484 e. The molecule has 0 aromatic heterocycles. The Labute approximate surface area is 219 Å². The third-order valence-electron chi connectivity index (χ3n) is 5.95. The fourth-order valence-corrected chi connectivity index (χ4v) is 4.15. The number of nitrogens with zero attached hydrogens (tertiary/aromatic N) is 1. The predicted molar refractivity (Wildman–Crippen MR) is 145 cm³/mol. The van der Waals surface area contributed by atoms with Crippen LogP contribution >= 0.6 is 11.6 Å². The van der Waals surface area contributed by atoms with E-state index in [4.69, 9.17) is 16.3 Å². The van der Waals surface area contributed by atoms with E-state index in [2.05, 4.69) is 5.32 Å². The number of amides is 2. The fraction of sp³-hybridized carbons (Fsp3) is 0.333. The first-order valence-electron chi connectivity index (χ1n) is 12.2. The molecule has 0 aliphatic heterocycles. The highest BCUT2D eigenvalue weighted by atomic mass is 35.5. The molecule has 0 aliphatic rings. The molecule has 190 valence electrons. The van der Waals surface area contributed by atoms with Crippen LogP contribution in [0.4, 0.5) is 0 Å². The Balaban J connectivity index is 1.91. The Morgan fingerprint density at radius 2 is 1.53 bits per heavy atom. The average Bonchev–Trinajstić information content (AvgIpc) is 2.84. The Kier molecular flexibility index (Phi) is 9.54. The van der Waals surface area contributed by atoms with Gasteiger partial charge in [-0.05, 0) is 69.0 Å². The van der Waals surface area contributed by atoms with Crippen molar-refractivity contribution >= 4 is 23.4 Å². The van der Waals surface area contributed by atoms with E-state index in [1.54, 1.807) is 4.90 Å². The molecule has 0 saturated carbocycles. The molecule has 0 bridgehead atoms. The lowest BCUT2D eigenvalue weighted by Crippen LogP contribution is -2.52. The molecule has 0 radical (unpaired) electrons. The molecule has 36 heavy (non-hydrogen) atoms. The summed E-state index contributed by atoms with van der Waals surface area (Å²) in [5.74, 6) is 0.123. The van der Waals surface area contributed by atoms with Crippen LogP contribution in [0.1, 0.15) is 41.7 Å². The Hall–Kier alpha value is -3.31. The van der Waals surface area contributed by atoms with Gasteiger partial charge in [0.15, 0.2) is 6.61 Å². The van der Waals surface area contributed by atoms with Gasteiger partial charge in [0.05, 0.1) is 0 Å². The van der Waals surface area contributed by atoms with Crippen LogP contribution in [0.5, 0.6) is 5.75 Å². The zero-order chi connectivity index (χ0) is 26.2. The molecule has 1 N–H and O–H groups in total. The van der Waals surface area contributed by atoms with Crippen LogP contribution in [-0.2, 0) is 22.6 Å². The lowest BCUT2D eigenvalue weighted by atomic mass is 10.0. The molecule has 3 rings (SSSR count). The number of rotatable bonds is 10. The van der Waals surface area contributed by atoms with Gasteiger partial charge in [0.2, 0.25) is 5.91 Å². The summed E-state index contributed by atoms with van der Waals surface area (Å²) >= 11 is 6.28. The highest BCUT2D eigenvalue weighted by Crippen LogP contribution is 2.26. The van der Waals surface area contributed by atoms with Gasteiger partial charge in [0.1, 0.15) is 11.8 Å². The molecule has 5 nitrogen and oxygen atoms in total. The maximum Gasteiger partial charge on any atom is 0.261 e. The molecule has 1 atom stereocenters. The van der Waals surface area contributed by atoms with Crippen LogP contribution in [-0.4, -0.2) is 35.4 Å². The van der Waals surface area contributed by atoms with Gasteiger partial charge in [-0.2, -0.15) is 0 Å². The molecule has 0 unspecified atom stereocenters. The van der Waals surface area contributed by atoms with E-state index >= 15 is 0 Å². The number of benzene rings is 3. The number of hydrogen-bond donors (Lipinski definition) is 1. The normalized spacial score (nSPS) is 11.8. The van der Waals surface area contributed by atoms with E-state index in [0.717, 1.165) is 27.8 Å². The zero-order valence-electron chi connectivity index (χ0n) is 21.7. The summed E-state index contributed by atoms with van der Waals surface area (Å²) in [7, 11) is 0. The monoisotopic (exact) mass is 506 g/mol. The summed E-state index contributed by atoms with van der Waals surface area (Å²) in [6.07, 6.45) is 0.399. The van der Waals surface area contributed by atoms with Crippen LogP contribution in [0, 0.1) is 20.8 Å². The number of hydrogen-bond acceptors (Lipinski definition) is 3. The number of nitrogens with one attached hydrogen (secondary N) is 1. The molecule has 2 amide bonds. The van der Waals surface area contributed by atoms with Crippen LogP contribution in [0.3, 0.4) is 0 Å². The van der Waals surface area contributed by atoms with Crippen molar-refractivity contribution in [2.45, 2.75) is 59.7 Å². The lowest BCUT2D eigenvalue weighted by molar-refractivity contribution is -0.143. The van der Waals surface area contributed by atoms with Crippen LogP contribution in [0.2, 0.25) is 5.02 Å². The molecule has 3 aromatic rings. The second-order valence-electron chi connectivity index (χ2n) is 9.54. The second kappa shape index (κ2) is 12.6. The van der Waals surface area contributed by atoms with Gasteiger partial charge in [-0.15, -0.1) is 0 Å². The molecule has 3 aromatic carbocycles.